The van der Waals surface area contributed by atoms with Gasteiger partial charge in [-0.05, 0) is 37.9 Å². The van der Waals surface area contributed by atoms with Gasteiger partial charge in [-0.1, -0.05) is 57.5 Å². The summed E-state index contributed by atoms with van der Waals surface area (Å²) in [5, 5.41) is 3.70. The average molecular weight is 276 g/mol. The van der Waals surface area contributed by atoms with Crippen LogP contribution in [0.5, 0.6) is 0 Å². The molecule has 0 aromatic heterocycles. The highest BCUT2D eigenvalue weighted by Crippen LogP contribution is 2.20. The minimum atomic E-state index is 0.288. The van der Waals surface area contributed by atoms with Crippen molar-refractivity contribution in [2.24, 2.45) is 5.41 Å². The maximum Gasteiger partial charge on any atom is 0.0243 e. The van der Waals surface area contributed by atoms with Crippen molar-refractivity contribution in [2.45, 2.75) is 53.6 Å². The van der Waals surface area contributed by atoms with Crippen molar-refractivity contribution in [2.75, 3.05) is 20.1 Å². The summed E-state index contributed by atoms with van der Waals surface area (Å²) in [6, 6.07) is 9.33. The van der Waals surface area contributed by atoms with E-state index in [9.17, 15) is 0 Å². The third kappa shape index (κ3) is 6.06. The number of nitrogens with one attached hydrogen (secondary N) is 1. The Labute approximate surface area is 125 Å². The van der Waals surface area contributed by atoms with Crippen molar-refractivity contribution >= 4 is 0 Å². The highest BCUT2D eigenvalue weighted by molar-refractivity contribution is 5.22. The SMILES string of the molecule is CCCNC(CN(C)Cc1cccc(C)c1)C(C)(C)C. The predicted molar refractivity (Wildman–Crippen MR) is 89.0 cm³/mol. The Morgan fingerprint density at radius 1 is 1.25 bits per heavy atom. The van der Waals surface area contributed by atoms with Crippen LogP contribution < -0.4 is 5.32 Å². The number of likely N-dealkylation sites (N-methyl/N-ethyl adjacent to an activating group) is 1. The molecule has 0 amide bonds. The highest BCUT2D eigenvalue weighted by Gasteiger charge is 2.24. The van der Waals surface area contributed by atoms with E-state index >= 15 is 0 Å². The number of nitrogens with zero attached hydrogens (tertiary/aromatic N) is 1. The number of benzene rings is 1. The van der Waals surface area contributed by atoms with Crippen molar-refractivity contribution in [1.82, 2.24) is 10.2 Å². The summed E-state index contributed by atoms with van der Waals surface area (Å²) in [7, 11) is 2.22. The quantitative estimate of drug-likeness (QED) is 0.814. The topological polar surface area (TPSA) is 15.3 Å². The van der Waals surface area contributed by atoms with E-state index in [1.165, 1.54) is 17.5 Å². The lowest BCUT2D eigenvalue weighted by Crippen LogP contribution is -2.47. The largest absolute Gasteiger partial charge is 0.312 e. The molecule has 0 aliphatic heterocycles. The van der Waals surface area contributed by atoms with Crippen LogP contribution in [0.15, 0.2) is 24.3 Å². The molecule has 0 radical (unpaired) electrons. The van der Waals surface area contributed by atoms with Crippen LogP contribution in [0.25, 0.3) is 0 Å². The first kappa shape index (κ1) is 17.2. The molecular formula is C18H32N2. The van der Waals surface area contributed by atoms with E-state index in [1.807, 2.05) is 0 Å². The monoisotopic (exact) mass is 276 g/mol. The molecule has 0 spiro atoms. The Kier molecular flexibility index (Phi) is 6.70. The second-order valence-electron chi connectivity index (χ2n) is 7.06. The predicted octanol–water partition coefficient (Wildman–Crippen LogP) is 3.84. The zero-order valence-electron chi connectivity index (χ0n) is 14.2. The summed E-state index contributed by atoms with van der Waals surface area (Å²) in [6.07, 6.45) is 1.19. The average Bonchev–Trinajstić information content (AvgIpc) is 2.33. The van der Waals surface area contributed by atoms with Crippen LogP contribution in [-0.2, 0) is 6.54 Å². The Morgan fingerprint density at radius 3 is 2.50 bits per heavy atom. The maximum absolute atomic E-state index is 3.70. The van der Waals surface area contributed by atoms with Gasteiger partial charge in [0.2, 0.25) is 0 Å². The van der Waals surface area contributed by atoms with Crippen LogP contribution in [0.2, 0.25) is 0 Å². The summed E-state index contributed by atoms with van der Waals surface area (Å²) in [5.41, 5.74) is 3.03. The van der Waals surface area contributed by atoms with Crippen LogP contribution in [-0.4, -0.2) is 31.1 Å². The van der Waals surface area contributed by atoms with Crippen LogP contribution in [0.1, 0.15) is 45.2 Å². The number of rotatable bonds is 7. The fourth-order valence-electron chi connectivity index (χ4n) is 2.46. The summed E-state index contributed by atoms with van der Waals surface area (Å²) in [5.74, 6) is 0. The molecule has 0 saturated heterocycles. The molecule has 1 rings (SSSR count). The van der Waals surface area contributed by atoms with Crippen molar-refractivity contribution in [3.05, 3.63) is 35.4 Å². The van der Waals surface area contributed by atoms with E-state index in [-0.39, 0.29) is 5.41 Å². The Balaban J connectivity index is 2.59. The summed E-state index contributed by atoms with van der Waals surface area (Å²) < 4.78 is 0. The molecule has 114 valence electrons. The van der Waals surface area contributed by atoms with Gasteiger partial charge in [0.1, 0.15) is 0 Å². The first-order valence-corrected chi connectivity index (χ1v) is 7.80. The van der Waals surface area contributed by atoms with Crippen molar-refractivity contribution in [3.63, 3.8) is 0 Å². The molecule has 0 heterocycles. The van der Waals surface area contributed by atoms with Crippen LogP contribution in [0.3, 0.4) is 0 Å². The smallest absolute Gasteiger partial charge is 0.0243 e. The molecule has 0 saturated carbocycles. The van der Waals surface area contributed by atoms with Gasteiger partial charge in [-0.25, -0.2) is 0 Å². The molecule has 1 aromatic rings. The molecule has 0 aliphatic carbocycles. The first-order valence-electron chi connectivity index (χ1n) is 7.80. The number of hydrogen-bond donors (Lipinski definition) is 1. The molecule has 1 atom stereocenters. The van der Waals surface area contributed by atoms with Gasteiger partial charge in [0.05, 0.1) is 0 Å². The van der Waals surface area contributed by atoms with E-state index in [0.717, 1.165) is 19.6 Å². The molecule has 2 nitrogen and oxygen atoms in total. The van der Waals surface area contributed by atoms with Crippen LogP contribution in [0, 0.1) is 12.3 Å². The third-order valence-corrected chi connectivity index (χ3v) is 3.72. The lowest BCUT2D eigenvalue weighted by Gasteiger charge is -2.35. The third-order valence-electron chi connectivity index (χ3n) is 3.72. The maximum atomic E-state index is 3.70. The zero-order chi connectivity index (χ0) is 15.2. The zero-order valence-corrected chi connectivity index (χ0v) is 14.2. The normalized spacial score (nSPS) is 13.8. The number of hydrogen-bond acceptors (Lipinski definition) is 2. The number of aryl methyl sites for hydroxylation is 1. The van der Waals surface area contributed by atoms with Gasteiger partial charge in [0, 0.05) is 19.1 Å². The van der Waals surface area contributed by atoms with Gasteiger partial charge in [-0.15, -0.1) is 0 Å². The van der Waals surface area contributed by atoms with Crippen LogP contribution in [0.4, 0.5) is 0 Å². The Morgan fingerprint density at radius 2 is 1.95 bits per heavy atom. The molecule has 1 N–H and O–H groups in total. The molecule has 2 heteroatoms. The van der Waals surface area contributed by atoms with Crippen molar-refractivity contribution < 1.29 is 0 Å². The van der Waals surface area contributed by atoms with Gasteiger partial charge < -0.3 is 10.2 Å². The minimum absolute atomic E-state index is 0.288. The van der Waals surface area contributed by atoms with Gasteiger partial charge >= 0.3 is 0 Å². The molecule has 1 aromatic carbocycles. The lowest BCUT2D eigenvalue weighted by atomic mass is 9.86. The fourth-order valence-corrected chi connectivity index (χ4v) is 2.46. The molecule has 20 heavy (non-hydrogen) atoms. The highest BCUT2D eigenvalue weighted by atomic mass is 15.1. The lowest BCUT2D eigenvalue weighted by molar-refractivity contribution is 0.190. The first-order chi connectivity index (χ1) is 9.32. The van der Waals surface area contributed by atoms with E-state index in [2.05, 4.69) is 76.1 Å². The fraction of sp³-hybridized carbons (Fsp3) is 0.667. The van der Waals surface area contributed by atoms with E-state index < -0.39 is 0 Å². The standard InChI is InChI=1S/C18H32N2/c1-7-11-19-17(18(3,4)5)14-20(6)13-16-10-8-9-15(2)12-16/h8-10,12,17,19H,7,11,13-14H2,1-6H3. The summed E-state index contributed by atoms with van der Waals surface area (Å²) >= 11 is 0. The molecule has 0 aliphatic rings. The van der Waals surface area contributed by atoms with Crippen molar-refractivity contribution in [3.8, 4) is 0 Å². The summed E-state index contributed by atoms with van der Waals surface area (Å²) in [6.45, 7) is 14.5. The van der Waals surface area contributed by atoms with Crippen LogP contribution >= 0.6 is 0 Å². The Hall–Kier alpha value is -0.860. The van der Waals surface area contributed by atoms with Gasteiger partial charge in [-0.2, -0.15) is 0 Å². The molecule has 0 fully saturated rings. The summed E-state index contributed by atoms with van der Waals surface area (Å²) in [4.78, 5) is 2.42. The van der Waals surface area contributed by atoms with Crippen molar-refractivity contribution in [1.29, 1.82) is 0 Å². The van der Waals surface area contributed by atoms with E-state index in [0.29, 0.717) is 6.04 Å². The minimum Gasteiger partial charge on any atom is -0.312 e. The van der Waals surface area contributed by atoms with Gasteiger partial charge in [-0.3, -0.25) is 0 Å². The molecule has 1 unspecified atom stereocenters. The molecular weight excluding hydrogens is 244 g/mol. The second-order valence-corrected chi connectivity index (χ2v) is 7.06. The van der Waals surface area contributed by atoms with E-state index in [1.54, 1.807) is 0 Å². The van der Waals surface area contributed by atoms with Gasteiger partial charge in [0.25, 0.3) is 0 Å². The van der Waals surface area contributed by atoms with Gasteiger partial charge in [0.15, 0.2) is 0 Å². The van der Waals surface area contributed by atoms with E-state index in [4.69, 9.17) is 0 Å². The second kappa shape index (κ2) is 7.80. The Bertz CT molecular complexity index is 393. The molecule has 0 bridgehead atoms.